The molecule has 2 N–H and O–H groups in total. The third-order valence-electron chi connectivity index (χ3n) is 3.51. The molecule has 0 radical (unpaired) electrons. The summed E-state index contributed by atoms with van der Waals surface area (Å²) in [5.41, 5.74) is 2.44. The standard InChI is InChI=1S/C17H21NO3S/c19-22(20,21)13-7-12-18-14-17(15-8-3-1-4-9-15)16-10-5-2-6-11-16/h1-6,8-11,17-18H,7,12-14H2,(H,19,20,21). The number of benzene rings is 2. The van der Waals surface area contributed by atoms with Gasteiger partial charge in [0.25, 0.3) is 10.1 Å². The zero-order chi connectivity index (χ0) is 15.8. The Kier molecular flexibility index (Phi) is 6.12. The molecule has 0 heterocycles. The molecule has 0 aliphatic heterocycles. The summed E-state index contributed by atoms with van der Waals surface area (Å²) in [7, 11) is -3.87. The third kappa shape index (κ3) is 5.60. The van der Waals surface area contributed by atoms with Crippen LogP contribution < -0.4 is 5.32 Å². The summed E-state index contributed by atoms with van der Waals surface area (Å²) in [4.78, 5) is 0. The summed E-state index contributed by atoms with van der Waals surface area (Å²) < 4.78 is 30.1. The van der Waals surface area contributed by atoms with E-state index < -0.39 is 10.1 Å². The molecule has 22 heavy (non-hydrogen) atoms. The van der Waals surface area contributed by atoms with Gasteiger partial charge in [0.2, 0.25) is 0 Å². The molecule has 0 aromatic heterocycles. The average molecular weight is 319 g/mol. The van der Waals surface area contributed by atoms with Crippen LogP contribution in [0.5, 0.6) is 0 Å². The van der Waals surface area contributed by atoms with Crippen molar-refractivity contribution in [2.24, 2.45) is 0 Å². The maximum absolute atomic E-state index is 10.7. The largest absolute Gasteiger partial charge is 0.316 e. The van der Waals surface area contributed by atoms with Gasteiger partial charge in [-0.05, 0) is 24.1 Å². The van der Waals surface area contributed by atoms with Gasteiger partial charge in [0.1, 0.15) is 0 Å². The fourth-order valence-electron chi connectivity index (χ4n) is 2.42. The van der Waals surface area contributed by atoms with Crippen molar-refractivity contribution in [3.05, 3.63) is 71.8 Å². The monoisotopic (exact) mass is 319 g/mol. The van der Waals surface area contributed by atoms with Crippen LogP contribution in [-0.4, -0.2) is 31.8 Å². The van der Waals surface area contributed by atoms with E-state index in [0.29, 0.717) is 13.0 Å². The van der Waals surface area contributed by atoms with Crippen molar-refractivity contribution in [3.63, 3.8) is 0 Å². The molecule has 0 amide bonds. The van der Waals surface area contributed by atoms with Crippen LogP contribution in [0.15, 0.2) is 60.7 Å². The SMILES string of the molecule is O=S(=O)(O)CCCNCC(c1ccccc1)c1ccccc1. The summed E-state index contributed by atoms with van der Waals surface area (Å²) in [5, 5.41) is 3.28. The minimum absolute atomic E-state index is 0.207. The van der Waals surface area contributed by atoms with Gasteiger partial charge in [0, 0.05) is 12.5 Å². The number of hydrogen-bond donors (Lipinski definition) is 2. The average Bonchev–Trinajstić information content (AvgIpc) is 2.51. The highest BCUT2D eigenvalue weighted by Gasteiger charge is 2.13. The van der Waals surface area contributed by atoms with Crippen LogP contribution in [-0.2, 0) is 10.1 Å². The molecule has 0 saturated heterocycles. The van der Waals surface area contributed by atoms with Crippen molar-refractivity contribution in [1.29, 1.82) is 0 Å². The number of rotatable bonds is 8. The fraction of sp³-hybridized carbons (Fsp3) is 0.294. The minimum Gasteiger partial charge on any atom is -0.316 e. The molecule has 0 aliphatic carbocycles. The van der Waals surface area contributed by atoms with Crippen LogP contribution in [0, 0.1) is 0 Å². The Morgan fingerprint density at radius 3 is 1.86 bits per heavy atom. The van der Waals surface area contributed by atoms with Crippen molar-refractivity contribution in [1.82, 2.24) is 5.32 Å². The first-order chi connectivity index (χ1) is 10.6. The van der Waals surface area contributed by atoms with Crippen LogP contribution in [0.3, 0.4) is 0 Å². The molecule has 0 unspecified atom stereocenters. The van der Waals surface area contributed by atoms with E-state index in [4.69, 9.17) is 4.55 Å². The lowest BCUT2D eigenvalue weighted by molar-refractivity contribution is 0.479. The molecule has 2 aromatic carbocycles. The third-order valence-corrected chi connectivity index (χ3v) is 4.31. The molecule has 0 fully saturated rings. The highest BCUT2D eigenvalue weighted by Crippen LogP contribution is 2.23. The predicted octanol–water partition coefficient (Wildman–Crippen LogP) is 2.69. The number of nitrogens with one attached hydrogen (secondary N) is 1. The van der Waals surface area contributed by atoms with Gasteiger partial charge < -0.3 is 5.32 Å². The van der Waals surface area contributed by atoms with E-state index in [9.17, 15) is 8.42 Å². The quantitative estimate of drug-likeness (QED) is 0.580. The second-order valence-corrected chi connectivity index (χ2v) is 6.79. The maximum Gasteiger partial charge on any atom is 0.264 e. The highest BCUT2D eigenvalue weighted by molar-refractivity contribution is 7.85. The molecule has 118 valence electrons. The lowest BCUT2D eigenvalue weighted by Gasteiger charge is -2.18. The second-order valence-electron chi connectivity index (χ2n) is 5.22. The van der Waals surface area contributed by atoms with Gasteiger partial charge in [0.15, 0.2) is 0 Å². The smallest absolute Gasteiger partial charge is 0.264 e. The molecular formula is C17H21NO3S. The van der Waals surface area contributed by atoms with Crippen LogP contribution >= 0.6 is 0 Å². The summed E-state index contributed by atoms with van der Waals surface area (Å²) in [6, 6.07) is 20.4. The lowest BCUT2D eigenvalue weighted by Crippen LogP contribution is -2.24. The van der Waals surface area contributed by atoms with Gasteiger partial charge in [0.05, 0.1) is 5.75 Å². The molecular weight excluding hydrogens is 298 g/mol. The van der Waals surface area contributed by atoms with E-state index >= 15 is 0 Å². The maximum atomic E-state index is 10.7. The Bertz CT molecular complexity index is 617. The van der Waals surface area contributed by atoms with Gasteiger partial charge in [-0.15, -0.1) is 0 Å². The topological polar surface area (TPSA) is 66.4 Å². The van der Waals surface area contributed by atoms with E-state index in [1.54, 1.807) is 0 Å². The number of hydrogen-bond acceptors (Lipinski definition) is 3. The molecule has 0 bridgehead atoms. The second kappa shape index (κ2) is 8.08. The summed E-state index contributed by atoms with van der Waals surface area (Å²) >= 11 is 0. The normalized spacial score (nSPS) is 11.7. The van der Waals surface area contributed by atoms with E-state index in [0.717, 1.165) is 6.54 Å². The van der Waals surface area contributed by atoms with Gasteiger partial charge in [-0.25, -0.2) is 0 Å². The molecule has 2 rings (SSSR count). The molecule has 2 aromatic rings. The molecule has 0 atom stereocenters. The summed E-state index contributed by atoms with van der Waals surface area (Å²) in [5.74, 6) is 0.00886. The molecule has 0 aliphatic rings. The van der Waals surface area contributed by atoms with Crippen LogP contribution in [0.4, 0.5) is 0 Å². The minimum atomic E-state index is -3.87. The van der Waals surface area contributed by atoms with E-state index in [-0.39, 0.29) is 11.7 Å². The summed E-state index contributed by atoms with van der Waals surface area (Å²) in [6.07, 6.45) is 0.398. The van der Waals surface area contributed by atoms with Gasteiger partial charge in [-0.3, -0.25) is 4.55 Å². The van der Waals surface area contributed by atoms with Crippen molar-refractivity contribution < 1.29 is 13.0 Å². The highest BCUT2D eigenvalue weighted by atomic mass is 32.2. The van der Waals surface area contributed by atoms with Crippen molar-refractivity contribution in [2.75, 3.05) is 18.8 Å². The first kappa shape index (κ1) is 16.7. The Morgan fingerprint density at radius 2 is 1.41 bits per heavy atom. The Hall–Kier alpha value is -1.69. The van der Waals surface area contributed by atoms with Crippen molar-refractivity contribution in [2.45, 2.75) is 12.3 Å². The van der Waals surface area contributed by atoms with Crippen molar-refractivity contribution >= 4 is 10.1 Å². The van der Waals surface area contributed by atoms with Gasteiger partial charge in [-0.2, -0.15) is 8.42 Å². The molecule has 0 saturated carbocycles. The fourth-order valence-corrected chi connectivity index (χ4v) is 2.93. The summed E-state index contributed by atoms with van der Waals surface area (Å²) in [6.45, 7) is 1.27. The Balaban J connectivity index is 1.98. The molecule has 5 heteroatoms. The van der Waals surface area contributed by atoms with Crippen LogP contribution in [0.1, 0.15) is 23.5 Å². The first-order valence-electron chi connectivity index (χ1n) is 7.32. The first-order valence-corrected chi connectivity index (χ1v) is 8.93. The predicted molar refractivity (Wildman–Crippen MR) is 88.6 cm³/mol. The Labute approximate surface area is 131 Å². The van der Waals surface area contributed by atoms with Gasteiger partial charge in [-0.1, -0.05) is 60.7 Å². The molecule has 4 nitrogen and oxygen atoms in total. The van der Waals surface area contributed by atoms with E-state index in [1.807, 2.05) is 36.4 Å². The van der Waals surface area contributed by atoms with E-state index in [1.165, 1.54) is 11.1 Å². The lowest BCUT2D eigenvalue weighted by atomic mass is 9.91. The van der Waals surface area contributed by atoms with Crippen LogP contribution in [0.25, 0.3) is 0 Å². The zero-order valence-electron chi connectivity index (χ0n) is 12.4. The van der Waals surface area contributed by atoms with Crippen molar-refractivity contribution in [3.8, 4) is 0 Å². The van der Waals surface area contributed by atoms with Crippen LogP contribution in [0.2, 0.25) is 0 Å². The van der Waals surface area contributed by atoms with E-state index in [2.05, 4.69) is 29.6 Å². The zero-order valence-corrected chi connectivity index (χ0v) is 13.2. The van der Waals surface area contributed by atoms with Gasteiger partial charge >= 0.3 is 0 Å². The Morgan fingerprint density at radius 1 is 0.909 bits per heavy atom. The molecule has 0 spiro atoms.